The van der Waals surface area contributed by atoms with Gasteiger partial charge in [-0.15, -0.1) is 0 Å². The normalized spacial score (nSPS) is 19.0. The Hall–Kier alpha value is 0.650. The molecule has 0 amide bonds. The van der Waals surface area contributed by atoms with Crippen molar-refractivity contribution in [3.05, 3.63) is 0 Å². The average molecular weight is 175 g/mol. The second-order valence-corrected chi connectivity index (χ2v) is 0.734. The molecule has 0 aliphatic heterocycles. The molecule has 4 heavy (non-hydrogen) atoms. The summed E-state index contributed by atoms with van der Waals surface area (Å²) in [5.74, 6) is 4.48. The molecule has 0 fully saturated rings. The second kappa shape index (κ2) is 3.65. The standard InChI is InChI=1S/CH4INO/c2-1-4-3/h1,3H2/i1T. The van der Waals surface area contributed by atoms with Crippen molar-refractivity contribution in [2.24, 2.45) is 5.90 Å². The Labute approximate surface area is 39.8 Å². The smallest absolute Gasteiger partial charge is 0.119 e. The summed E-state index contributed by atoms with van der Waals surface area (Å²) in [4.78, 5) is 3.90. The van der Waals surface area contributed by atoms with Gasteiger partial charge in [0.15, 0.2) is 0 Å². The molecule has 3 heteroatoms. The third-order valence-electron chi connectivity index (χ3n) is 0.0514. The van der Waals surface area contributed by atoms with Crippen molar-refractivity contribution in [1.29, 1.82) is 0 Å². The summed E-state index contributed by atoms with van der Waals surface area (Å²) in [5, 5.41) is 0. The molecule has 0 aromatic heterocycles. The third kappa shape index (κ3) is 2.65. The van der Waals surface area contributed by atoms with Crippen molar-refractivity contribution in [2.45, 2.75) is 0 Å². The second-order valence-electron chi connectivity index (χ2n) is 0.225. The minimum atomic E-state index is -0.618. The monoisotopic (exact) mass is 175 g/mol. The number of nitrogens with two attached hydrogens (primary N) is 1. The SMILES string of the molecule is [3H]C(I)ON. The van der Waals surface area contributed by atoms with E-state index in [2.05, 4.69) is 10.7 Å². The Morgan fingerprint density at radius 3 is 2.75 bits per heavy atom. The molecule has 0 saturated heterocycles. The molecular weight excluding hydrogens is 169 g/mol. The first-order valence-electron chi connectivity index (χ1n) is 1.27. The number of hydrogen-bond acceptors (Lipinski definition) is 2. The van der Waals surface area contributed by atoms with Crippen molar-refractivity contribution in [1.82, 2.24) is 0 Å². The summed E-state index contributed by atoms with van der Waals surface area (Å²) < 4.78 is 5.85. The fourth-order valence-corrected chi connectivity index (χ4v) is 0. The molecule has 0 aliphatic carbocycles. The summed E-state index contributed by atoms with van der Waals surface area (Å²) in [6, 6.07) is 0. The molecule has 0 heterocycles. The van der Waals surface area contributed by atoms with Crippen molar-refractivity contribution in [2.75, 3.05) is 4.59 Å². The Bertz CT molecular complexity index is 25.6. The van der Waals surface area contributed by atoms with Gasteiger partial charge in [-0.25, -0.2) is 5.90 Å². The van der Waals surface area contributed by atoms with Crippen LogP contribution in [0.2, 0.25) is 0 Å². The van der Waals surface area contributed by atoms with Gasteiger partial charge in [0, 0.05) is 0 Å². The zero-order valence-corrected chi connectivity index (χ0v) is 4.10. The zero-order chi connectivity index (χ0) is 4.28. The maximum Gasteiger partial charge on any atom is 0.119 e. The molecule has 0 radical (unpaired) electrons. The van der Waals surface area contributed by atoms with Crippen LogP contribution in [0.5, 0.6) is 0 Å². The van der Waals surface area contributed by atoms with Crippen molar-refractivity contribution in [3.8, 4) is 0 Å². The van der Waals surface area contributed by atoms with Crippen LogP contribution in [0.25, 0.3) is 0 Å². The molecular formula is CH4INO. The highest BCUT2D eigenvalue weighted by molar-refractivity contribution is 14.1. The number of hydrogen-bond donors (Lipinski definition) is 1. The van der Waals surface area contributed by atoms with Gasteiger partial charge < -0.3 is 0 Å². The highest BCUT2D eigenvalue weighted by Crippen LogP contribution is 1.71. The van der Waals surface area contributed by atoms with Crippen molar-refractivity contribution >= 4 is 22.6 Å². The lowest BCUT2D eigenvalue weighted by Crippen LogP contribution is -1.92. The van der Waals surface area contributed by atoms with Gasteiger partial charge in [0.25, 0.3) is 0 Å². The fourth-order valence-electron chi connectivity index (χ4n) is 0. The minimum Gasteiger partial charge on any atom is -0.294 e. The van der Waals surface area contributed by atoms with Gasteiger partial charge in [0.2, 0.25) is 0 Å². The van der Waals surface area contributed by atoms with Crippen LogP contribution in [0.15, 0.2) is 0 Å². The predicted octanol–water partition coefficient (Wildman–Crippen LogP) is 0.269. The Kier molecular flexibility index (Phi) is 2.61. The largest absolute Gasteiger partial charge is 0.294 e. The molecule has 0 bridgehead atoms. The van der Waals surface area contributed by atoms with Crippen LogP contribution in [0.1, 0.15) is 1.37 Å². The van der Waals surface area contributed by atoms with E-state index in [9.17, 15) is 0 Å². The first-order chi connectivity index (χ1) is 2.27. The maximum absolute atomic E-state index is 6.47. The van der Waals surface area contributed by atoms with Gasteiger partial charge in [-0.05, 0) is 0 Å². The number of halogens is 1. The van der Waals surface area contributed by atoms with Crippen LogP contribution in [0.4, 0.5) is 0 Å². The molecule has 2 nitrogen and oxygen atoms in total. The van der Waals surface area contributed by atoms with Crippen molar-refractivity contribution in [3.63, 3.8) is 0 Å². The predicted molar refractivity (Wildman–Crippen MR) is 24.2 cm³/mol. The maximum atomic E-state index is 6.47. The lowest BCUT2D eigenvalue weighted by atomic mass is 11.7. The average Bonchev–Trinajstić information content (AvgIpc) is 1.38. The van der Waals surface area contributed by atoms with Gasteiger partial charge in [0.1, 0.15) is 4.59 Å². The lowest BCUT2D eigenvalue weighted by molar-refractivity contribution is 0.198. The lowest BCUT2D eigenvalue weighted by Gasteiger charge is -1.74. The molecule has 1 atom stereocenters. The topological polar surface area (TPSA) is 35.2 Å². The molecule has 0 aromatic rings. The van der Waals surface area contributed by atoms with Crippen LogP contribution < -0.4 is 5.90 Å². The molecule has 26 valence electrons. The molecule has 0 rings (SSSR count). The Balaban J connectivity index is 2.54. The van der Waals surface area contributed by atoms with Gasteiger partial charge in [-0.2, -0.15) is 0 Å². The van der Waals surface area contributed by atoms with Crippen molar-refractivity contribution < 1.29 is 6.21 Å². The van der Waals surface area contributed by atoms with E-state index in [1.54, 1.807) is 22.6 Å². The van der Waals surface area contributed by atoms with E-state index >= 15 is 0 Å². The zero-order valence-electron chi connectivity index (χ0n) is 2.94. The van der Waals surface area contributed by atoms with E-state index in [-0.39, 0.29) is 0 Å². The number of rotatable bonds is 1. The molecule has 0 spiro atoms. The third-order valence-corrected chi connectivity index (χ3v) is 0.345. The van der Waals surface area contributed by atoms with Crippen LogP contribution in [-0.2, 0) is 4.84 Å². The molecule has 1 unspecified atom stereocenters. The minimum absolute atomic E-state index is 0.618. The highest BCUT2D eigenvalue weighted by Gasteiger charge is 1.54. The van der Waals surface area contributed by atoms with Gasteiger partial charge in [0.05, 0.1) is 1.37 Å². The summed E-state index contributed by atoms with van der Waals surface area (Å²) in [6.45, 7) is 0. The van der Waals surface area contributed by atoms with E-state index in [1.165, 1.54) is 0 Å². The van der Waals surface area contributed by atoms with E-state index in [4.69, 9.17) is 1.37 Å². The summed E-state index contributed by atoms with van der Waals surface area (Å²) in [6.07, 6.45) is 0. The van der Waals surface area contributed by atoms with E-state index in [1.807, 2.05) is 0 Å². The first-order valence-corrected chi connectivity index (χ1v) is 1.94. The van der Waals surface area contributed by atoms with Gasteiger partial charge in [-0.1, -0.05) is 22.6 Å². The fraction of sp³-hybridized carbons (Fsp3) is 1.00. The van der Waals surface area contributed by atoms with Crippen LogP contribution in [-0.4, -0.2) is 4.59 Å². The molecule has 2 N–H and O–H groups in total. The quantitative estimate of drug-likeness (QED) is 0.352. The molecule has 0 aliphatic rings. The number of alkyl halides is 1. The Morgan fingerprint density at radius 1 is 2.50 bits per heavy atom. The van der Waals surface area contributed by atoms with E-state index in [0.29, 0.717) is 0 Å². The van der Waals surface area contributed by atoms with Gasteiger partial charge in [-0.3, -0.25) is 4.84 Å². The molecule has 0 aromatic carbocycles. The van der Waals surface area contributed by atoms with Crippen LogP contribution in [0, 0.1) is 0 Å². The first kappa shape index (κ1) is 2.87. The summed E-state index contributed by atoms with van der Waals surface area (Å²) in [5.41, 5.74) is 0. The van der Waals surface area contributed by atoms with E-state index < -0.39 is 4.59 Å². The molecule has 0 saturated carbocycles. The summed E-state index contributed by atoms with van der Waals surface area (Å²) >= 11 is 1.73. The Morgan fingerprint density at radius 2 is 2.75 bits per heavy atom. The van der Waals surface area contributed by atoms with Gasteiger partial charge >= 0.3 is 0 Å². The highest BCUT2D eigenvalue weighted by atomic mass is 127. The van der Waals surface area contributed by atoms with Crippen LogP contribution >= 0.6 is 22.6 Å². The van der Waals surface area contributed by atoms with Crippen LogP contribution in [0.3, 0.4) is 0 Å². The summed E-state index contributed by atoms with van der Waals surface area (Å²) in [7, 11) is 0. The van der Waals surface area contributed by atoms with E-state index in [0.717, 1.165) is 0 Å².